The maximum atomic E-state index is 5.34. The largest absolute Gasteiger partial charge is 0.463 e. The van der Waals surface area contributed by atoms with E-state index in [1.165, 1.54) is 5.56 Å². The van der Waals surface area contributed by atoms with Crippen LogP contribution in [-0.4, -0.2) is 4.98 Å². The summed E-state index contributed by atoms with van der Waals surface area (Å²) >= 11 is 0. The topological polar surface area (TPSA) is 26.0 Å². The van der Waals surface area contributed by atoms with Gasteiger partial charge in [-0.1, -0.05) is 20.8 Å². The molecule has 0 aliphatic rings. The van der Waals surface area contributed by atoms with Crippen LogP contribution in [0.4, 0.5) is 0 Å². The van der Waals surface area contributed by atoms with E-state index in [0.717, 1.165) is 17.5 Å². The van der Waals surface area contributed by atoms with Crippen LogP contribution >= 0.6 is 0 Å². The normalized spacial score (nSPS) is 12.2. The molecule has 0 amide bonds. The summed E-state index contributed by atoms with van der Waals surface area (Å²) in [5.41, 5.74) is 3.22. The summed E-state index contributed by atoms with van der Waals surface area (Å²) in [5, 5.41) is 0. The maximum Gasteiger partial charge on any atom is 0.152 e. The molecule has 0 saturated heterocycles. The summed E-state index contributed by atoms with van der Waals surface area (Å²) in [7, 11) is 0. The summed E-state index contributed by atoms with van der Waals surface area (Å²) in [4.78, 5) is 4.36. The molecule has 0 spiro atoms. The molecule has 0 bridgehead atoms. The molecule has 0 aliphatic heterocycles. The van der Waals surface area contributed by atoms with E-state index in [0.29, 0.717) is 0 Å². The van der Waals surface area contributed by atoms with Gasteiger partial charge in [-0.15, -0.1) is 0 Å². The summed E-state index contributed by atoms with van der Waals surface area (Å²) < 4.78 is 5.34. The lowest BCUT2D eigenvalue weighted by Gasteiger charge is -2.22. The van der Waals surface area contributed by atoms with Gasteiger partial charge in [0.15, 0.2) is 5.58 Å². The lowest BCUT2D eigenvalue weighted by molar-refractivity contribution is 0.503. The maximum absolute atomic E-state index is 5.34. The van der Waals surface area contributed by atoms with Gasteiger partial charge in [-0.25, -0.2) is 0 Å². The lowest BCUT2D eigenvalue weighted by Crippen LogP contribution is -2.15. The van der Waals surface area contributed by atoms with Crippen LogP contribution in [0.1, 0.15) is 32.8 Å². The van der Waals surface area contributed by atoms with Crippen molar-refractivity contribution in [2.45, 2.75) is 32.6 Å². The van der Waals surface area contributed by atoms with Crippen LogP contribution < -0.4 is 0 Å². The molecular weight excluding hydrogens is 174 g/mol. The van der Waals surface area contributed by atoms with Crippen LogP contribution in [0.2, 0.25) is 0 Å². The van der Waals surface area contributed by atoms with E-state index >= 15 is 0 Å². The average Bonchev–Trinajstić information content (AvgIpc) is 2.64. The Morgan fingerprint density at radius 2 is 2.21 bits per heavy atom. The van der Waals surface area contributed by atoms with E-state index < -0.39 is 0 Å². The van der Waals surface area contributed by atoms with Crippen molar-refractivity contribution < 1.29 is 4.42 Å². The third kappa shape index (κ3) is 1.41. The van der Waals surface area contributed by atoms with Gasteiger partial charge in [0.05, 0.1) is 6.26 Å². The summed E-state index contributed by atoms with van der Waals surface area (Å²) in [6.07, 6.45) is 4.72. The fourth-order valence-corrected chi connectivity index (χ4v) is 1.42. The van der Waals surface area contributed by atoms with Crippen LogP contribution in [0.5, 0.6) is 0 Å². The van der Waals surface area contributed by atoms with Crippen LogP contribution in [-0.2, 0) is 5.41 Å². The first kappa shape index (κ1) is 9.25. The Kier molecular flexibility index (Phi) is 2.06. The number of hydrogen-bond donors (Lipinski definition) is 0. The second kappa shape index (κ2) is 3.12. The second-order valence-corrected chi connectivity index (χ2v) is 4.27. The monoisotopic (exact) mass is 189 g/mol. The van der Waals surface area contributed by atoms with Crippen molar-refractivity contribution in [3.63, 3.8) is 0 Å². The highest BCUT2D eigenvalue weighted by Crippen LogP contribution is 2.28. The SMILES string of the molecule is CCC(C)(C)c1cnc2ccoc2c1. The van der Waals surface area contributed by atoms with Crippen molar-refractivity contribution in [1.82, 2.24) is 4.98 Å². The number of fused-ring (bicyclic) bond motifs is 1. The minimum Gasteiger partial charge on any atom is -0.463 e. The Bertz CT molecular complexity index is 442. The predicted octanol–water partition coefficient (Wildman–Crippen LogP) is 3.52. The molecule has 2 aromatic heterocycles. The minimum atomic E-state index is 0.175. The van der Waals surface area contributed by atoms with Crippen molar-refractivity contribution in [3.8, 4) is 0 Å². The van der Waals surface area contributed by atoms with Gasteiger partial charge in [-0.3, -0.25) is 4.98 Å². The fraction of sp³-hybridized carbons (Fsp3) is 0.417. The third-order valence-electron chi connectivity index (χ3n) is 2.97. The molecule has 0 fully saturated rings. The number of hydrogen-bond acceptors (Lipinski definition) is 2. The molecule has 2 heteroatoms. The molecule has 0 unspecified atom stereocenters. The van der Waals surface area contributed by atoms with Gasteiger partial charge in [0.1, 0.15) is 5.52 Å². The lowest BCUT2D eigenvalue weighted by atomic mass is 9.83. The molecule has 2 nitrogen and oxygen atoms in total. The van der Waals surface area contributed by atoms with Gasteiger partial charge in [-0.05, 0) is 23.5 Å². The highest BCUT2D eigenvalue weighted by Gasteiger charge is 2.19. The standard InChI is InChI=1S/C12H15NO/c1-4-12(2,3)9-7-11-10(13-8-9)5-6-14-11/h5-8H,4H2,1-3H3. The highest BCUT2D eigenvalue weighted by molar-refractivity contribution is 5.72. The third-order valence-corrected chi connectivity index (χ3v) is 2.97. The molecule has 74 valence electrons. The zero-order valence-electron chi connectivity index (χ0n) is 8.87. The van der Waals surface area contributed by atoms with Gasteiger partial charge in [0.2, 0.25) is 0 Å². The smallest absolute Gasteiger partial charge is 0.152 e. The van der Waals surface area contributed by atoms with Gasteiger partial charge >= 0.3 is 0 Å². The van der Waals surface area contributed by atoms with E-state index in [-0.39, 0.29) is 5.41 Å². The summed E-state index contributed by atoms with van der Waals surface area (Å²) in [6.45, 7) is 6.63. The van der Waals surface area contributed by atoms with Crippen molar-refractivity contribution in [2.75, 3.05) is 0 Å². The number of rotatable bonds is 2. The van der Waals surface area contributed by atoms with Crippen LogP contribution in [0.3, 0.4) is 0 Å². The Labute approximate surface area is 84.0 Å². The molecule has 2 aromatic rings. The Hall–Kier alpha value is -1.31. The van der Waals surface area contributed by atoms with E-state index in [9.17, 15) is 0 Å². The number of nitrogens with zero attached hydrogens (tertiary/aromatic N) is 1. The molecule has 0 saturated carbocycles. The molecule has 0 aromatic carbocycles. The van der Waals surface area contributed by atoms with E-state index in [2.05, 4.69) is 31.8 Å². The Morgan fingerprint density at radius 1 is 1.43 bits per heavy atom. The van der Waals surface area contributed by atoms with Crippen molar-refractivity contribution >= 4 is 11.1 Å². The van der Waals surface area contributed by atoms with Gasteiger partial charge in [0, 0.05) is 12.3 Å². The highest BCUT2D eigenvalue weighted by atomic mass is 16.3. The van der Waals surface area contributed by atoms with Gasteiger partial charge < -0.3 is 4.42 Å². The van der Waals surface area contributed by atoms with E-state index in [1.807, 2.05) is 12.3 Å². The molecule has 0 atom stereocenters. The van der Waals surface area contributed by atoms with Crippen molar-refractivity contribution in [2.24, 2.45) is 0 Å². The first-order chi connectivity index (χ1) is 6.63. The molecule has 14 heavy (non-hydrogen) atoms. The van der Waals surface area contributed by atoms with Crippen molar-refractivity contribution in [1.29, 1.82) is 0 Å². The quantitative estimate of drug-likeness (QED) is 0.722. The summed E-state index contributed by atoms with van der Waals surface area (Å²) in [5.74, 6) is 0. The molecule has 0 aliphatic carbocycles. The number of aromatic nitrogens is 1. The first-order valence-electron chi connectivity index (χ1n) is 4.97. The van der Waals surface area contributed by atoms with Crippen LogP contribution in [0.15, 0.2) is 29.0 Å². The number of furan rings is 1. The number of pyridine rings is 1. The Morgan fingerprint density at radius 3 is 2.93 bits per heavy atom. The van der Waals surface area contributed by atoms with E-state index in [4.69, 9.17) is 4.42 Å². The minimum absolute atomic E-state index is 0.175. The fourth-order valence-electron chi connectivity index (χ4n) is 1.42. The van der Waals surface area contributed by atoms with Gasteiger partial charge in [0.25, 0.3) is 0 Å². The van der Waals surface area contributed by atoms with Gasteiger partial charge in [-0.2, -0.15) is 0 Å². The van der Waals surface area contributed by atoms with Crippen LogP contribution in [0.25, 0.3) is 11.1 Å². The Balaban J connectivity index is 2.53. The average molecular weight is 189 g/mol. The predicted molar refractivity (Wildman–Crippen MR) is 57.3 cm³/mol. The second-order valence-electron chi connectivity index (χ2n) is 4.27. The molecule has 0 radical (unpaired) electrons. The molecule has 0 N–H and O–H groups in total. The molecule has 2 rings (SSSR count). The zero-order valence-corrected chi connectivity index (χ0v) is 8.87. The zero-order chi connectivity index (χ0) is 10.2. The first-order valence-corrected chi connectivity index (χ1v) is 4.97. The molecule has 2 heterocycles. The molecular formula is C12H15NO. The van der Waals surface area contributed by atoms with Crippen molar-refractivity contribution in [3.05, 3.63) is 30.2 Å². The van der Waals surface area contributed by atoms with E-state index in [1.54, 1.807) is 6.26 Å². The van der Waals surface area contributed by atoms with Crippen LogP contribution in [0, 0.1) is 0 Å². The summed E-state index contributed by atoms with van der Waals surface area (Å²) in [6, 6.07) is 3.98.